The Kier molecular flexibility index (Phi) is 4.69. The molecule has 0 atom stereocenters. The van der Waals surface area contributed by atoms with Gasteiger partial charge in [-0.1, -0.05) is 58.4 Å². The van der Waals surface area contributed by atoms with Crippen LogP contribution in [0.1, 0.15) is 5.56 Å². The number of fused-ring (bicyclic) bond motifs is 1. The molecule has 5 aromatic rings. The van der Waals surface area contributed by atoms with Crippen molar-refractivity contribution in [1.82, 2.24) is 24.3 Å². The van der Waals surface area contributed by atoms with E-state index in [-0.39, 0.29) is 33.0 Å². The van der Waals surface area contributed by atoms with E-state index in [1.807, 2.05) is 37.3 Å². The van der Waals surface area contributed by atoms with E-state index in [0.29, 0.717) is 21.0 Å². The summed E-state index contributed by atoms with van der Waals surface area (Å²) in [6, 6.07) is 14.6. The number of nitrogens with zero attached hydrogens (tertiary/aromatic N) is 5. The third kappa shape index (κ3) is 3.16. The molecule has 5 rings (SSSR count). The Labute approximate surface area is 189 Å². The predicted molar refractivity (Wildman–Crippen MR) is 123 cm³/mol. The highest BCUT2D eigenvalue weighted by atomic mass is 35.5. The van der Waals surface area contributed by atoms with Crippen molar-refractivity contribution < 1.29 is 4.42 Å². The lowest BCUT2D eigenvalue weighted by atomic mass is 10.2. The van der Waals surface area contributed by atoms with E-state index < -0.39 is 0 Å². The fourth-order valence-electron chi connectivity index (χ4n) is 3.25. The van der Waals surface area contributed by atoms with Crippen molar-refractivity contribution in [3.05, 3.63) is 74.2 Å². The minimum atomic E-state index is -0.314. The number of rotatable bonds is 3. The second-order valence-electron chi connectivity index (χ2n) is 6.62. The summed E-state index contributed by atoms with van der Waals surface area (Å²) in [5, 5.41) is 8.94. The van der Waals surface area contributed by atoms with E-state index in [9.17, 15) is 4.79 Å². The van der Waals surface area contributed by atoms with Crippen LogP contribution in [0.15, 0.2) is 57.7 Å². The molecule has 0 bridgehead atoms. The van der Waals surface area contributed by atoms with Gasteiger partial charge in [0.15, 0.2) is 15.5 Å². The summed E-state index contributed by atoms with van der Waals surface area (Å²) >= 11 is 13.0. The summed E-state index contributed by atoms with van der Waals surface area (Å²) in [7, 11) is 0. The fraction of sp³-hybridized carbons (Fsp3) is 0.0500. The Bertz CT molecular complexity index is 1580. The lowest BCUT2D eigenvalue weighted by Gasteiger charge is -2.12. The molecule has 0 amide bonds. The maximum Gasteiger partial charge on any atom is 0.330 e. The first kappa shape index (κ1) is 19.6. The maximum atomic E-state index is 13.3. The molecule has 0 aliphatic heterocycles. The summed E-state index contributed by atoms with van der Waals surface area (Å²) in [6.07, 6.45) is 0. The van der Waals surface area contributed by atoms with Crippen molar-refractivity contribution in [2.75, 3.05) is 5.73 Å². The Morgan fingerprint density at radius 1 is 1.10 bits per heavy atom. The van der Waals surface area contributed by atoms with Gasteiger partial charge in [0, 0.05) is 0 Å². The lowest BCUT2D eigenvalue weighted by Crippen LogP contribution is -2.23. The maximum absolute atomic E-state index is 13.3. The zero-order valence-corrected chi connectivity index (χ0v) is 18.3. The zero-order chi connectivity index (χ0) is 21.7. The number of aromatic nitrogens is 5. The molecule has 0 fully saturated rings. The first-order valence-electron chi connectivity index (χ1n) is 9.04. The van der Waals surface area contributed by atoms with Crippen LogP contribution in [0.5, 0.6) is 0 Å². The number of halogens is 1. The number of aryl methyl sites for hydroxylation is 1. The first-order valence-corrected chi connectivity index (χ1v) is 10.6. The molecule has 0 saturated heterocycles. The second kappa shape index (κ2) is 7.41. The van der Waals surface area contributed by atoms with Crippen LogP contribution in [0.25, 0.3) is 33.5 Å². The number of nitrogen functional groups attached to an aromatic ring is 1. The third-order valence-electron chi connectivity index (χ3n) is 4.68. The number of hydrogen-bond acceptors (Lipinski definition) is 8. The SMILES string of the molecule is Cc1ccccc1-n1c(=O)c2sc(N)nc2n(-c2nnc(-c3ccccc3Cl)o2)c1=S. The normalized spacial score (nSPS) is 11.3. The molecule has 3 aromatic heterocycles. The number of hydrogen-bond donors (Lipinski definition) is 1. The van der Waals surface area contributed by atoms with Crippen LogP contribution >= 0.6 is 35.2 Å². The predicted octanol–water partition coefficient (Wildman–Crippen LogP) is 4.56. The number of para-hydroxylation sites is 1. The van der Waals surface area contributed by atoms with Gasteiger partial charge < -0.3 is 10.2 Å². The standard InChI is InChI=1S/C20H13ClN6O2S2/c1-10-6-2-5-9-13(10)26-17(28)14-15(23-18(22)31-14)27(20(26)30)19-25-24-16(29-19)11-7-3-4-8-12(11)21/h2-9H,1H3,(H2,22,23). The molecule has 11 heteroatoms. The van der Waals surface area contributed by atoms with E-state index >= 15 is 0 Å². The molecule has 0 spiro atoms. The van der Waals surface area contributed by atoms with Crippen molar-refractivity contribution in [2.24, 2.45) is 0 Å². The summed E-state index contributed by atoms with van der Waals surface area (Å²) in [5.74, 6) is 0.215. The van der Waals surface area contributed by atoms with Gasteiger partial charge in [0.2, 0.25) is 0 Å². The van der Waals surface area contributed by atoms with Crippen LogP contribution in [-0.2, 0) is 0 Å². The van der Waals surface area contributed by atoms with Crippen LogP contribution < -0.4 is 11.3 Å². The molecule has 31 heavy (non-hydrogen) atoms. The molecule has 0 radical (unpaired) electrons. The van der Waals surface area contributed by atoms with Gasteiger partial charge in [0.25, 0.3) is 11.4 Å². The molecular weight excluding hydrogens is 456 g/mol. The summed E-state index contributed by atoms with van der Waals surface area (Å²) in [5.41, 5.74) is 7.97. The van der Waals surface area contributed by atoms with Gasteiger partial charge in [-0.2, -0.15) is 0 Å². The van der Waals surface area contributed by atoms with Crippen molar-refractivity contribution >= 4 is 50.6 Å². The third-order valence-corrected chi connectivity index (χ3v) is 6.24. The molecule has 154 valence electrons. The molecular formula is C20H13ClN6O2S2. The Morgan fingerprint density at radius 2 is 1.84 bits per heavy atom. The minimum absolute atomic E-state index is 0.0533. The lowest BCUT2D eigenvalue weighted by molar-refractivity contribution is 0.534. The number of anilines is 1. The minimum Gasteiger partial charge on any atom is -0.403 e. The van der Waals surface area contributed by atoms with E-state index in [0.717, 1.165) is 16.9 Å². The highest BCUT2D eigenvalue weighted by molar-refractivity contribution is 7.71. The average Bonchev–Trinajstić information content (AvgIpc) is 3.37. The molecule has 8 nitrogen and oxygen atoms in total. The fourth-order valence-corrected chi connectivity index (χ4v) is 4.56. The Balaban J connectivity index is 1.83. The van der Waals surface area contributed by atoms with Crippen molar-refractivity contribution in [3.8, 4) is 23.2 Å². The van der Waals surface area contributed by atoms with Crippen LogP contribution in [0.2, 0.25) is 5.02 Å². The van der Waals surface area contributed by atoms with Crippen LogP contribution in [0.3, 0.4) is 0 Å². The first-order chi connectivity index (χ1) is 15.0. The van der Waals surface area contributed by atoms with Crippen molar-refractivity contribution in [1.29, 1.82) is 0 Å². The van der Waals surface area contributed by atoms with E-state index in [1.54, 1.807) is 18.2 Å². The quantitative estimate of drug-likeness (QED) is 0.387. The topological polar surface area (TPSA) is 105 Å². The molecule has 2 N–H and O–H groups in total. The van der Waals surface area contributed by atoms with Crippen LogP contribution in [0, 0.1) is 11.7 Å². The largest absolute Gasteiger partial charge is 0.403 e. The number of thiazole rings is 1. The van der Waals surface area contributed by atoms with Gasteiger partial charge in [0.05, 0.1) is 16.3 Å². The Hall–Kier alpha value is -3.34. The molecule has 3 heterocycles. The van der Waals surface area contributed by atoms with E-state index in [2.05, 4.69) is 15.2 Å². The Morgan fingerprint density at radius 3 is 2.61 bits per heavy atom. The van der Waals surface area contributed by atoms with Gasteiger partial charge in [-0.25, -0.2) is 9.55 Å². The molecule has 0 aliphatic carbocycles. The zero-order valence-electron chi connectivity index (χ0n) is 15.9. The molecule has 0 unspecified atom stereocenters. The van der Waals surface area contributed by atoms with E-state index in [4.69, 9.17) is 34.0 Å². The smallest absolute Gasteiger partial charge is 0.330 e. The molecule has 2 aromatic carbocycles. The average molecular weight is 469 g/mol. The summed E-state index contributed by atoms with van der Waals surface area (Å²) in [6.45, 7) is 1.90. The number of benzene rings is 2. The van der Waals surface area contributed by atoms with Gasteiger partial charge in [0.1, 0.15) is 4.70 Å². The van der Waals surface area contributed by atoms with Gasteiger partial charge in [-0.3, -0.25) is 9.36 Å². The highest BCUT2D eigenvalue weighted by Gasteiger charge is 2.22. The van der Waals surface area contributed by atoms with Gasteiger partial charge in [-0.15, -0.1) is 5.10 Å². The van der Waals surface area contributed by atoms with Gasteiger partial charge >= 0.3 is 6.01 Å². The summed E-state index contributed by atoms with van der Waals surface area (Å²) in [4.78, 5) is 17.6. The monoisotopic (exact) mass is 468 g/mol. The van der Waals surface area contributed by atoms with Crippen molar-refractivity contribution in [2.45, 2.75) is 6.92 Å². The van der Waals surface area contributed by atoms with Crippen LogP contribution in [-0.4, -0.2) is 24.3 Å². The van der Waals surface area contributed by atoms with Crippen LogP contribution in [0.4, 0.5) is 5.13 Å². The van der Waals surface area contributed by atoms with Gasteiger partial charge in [-0.05, 0) is 42.9 Å². The molecule has 0 aliphatic rings. The molecule has 0 saturated carbocycles. The highest BCUT2D eigenvalue weighted by Crippen LogP contribution is 2.29. The van der Waals surface area contributed by atoms with Crippen molar-refractivity contribution in [3.63, 3.8) is 0 Å². The van der Waals surface area contributed by atoms with E-state index in [1.165, 1.54) is 9.13 Å². The number of nitrogens with two attached hydrogens (primary N) is 1. The summed E-state index contributed by atoms with van der Waals surface area (Å²) < 4.78 is 9.23. The second-order valence-corrected chi connectivity index (χ2v) is 8.42.